The van der Waals surface area contributed by atoms with Crippen LogP contribution in [0, 0.1) is 5.92 Å². The van der Waals surface area contributed by atoms with Crippen molar-refractivity contribution in [1.29, 1.82) is 0 Å². The van der Waals surface area contributed by atoms with Gasteiger partial charge in [-0.1, -0.05) is 0 Å². The Hall–Kier alpha value is -0.160. The van der Waals surface area contributed by atoms with Gasteiger partial charge < -0.3 is 14.7 Å². The van der Waals surface area contributed by atoms with Gasteiger partial charge in [0.15, 0.2) is 0 Å². The highest BCUT2D eigenvalue weighted by Crippen LogP contribution is 2.22. The minimum absolute atomic E-state index is 0.731. The second-order valence-corrected chi connectivity index (χ2v) is 8.44. The van der Waals surface area contributed by atoms with Gasteiger partial charge in [0.2, 0.25) is 0 Å². The third kappa shape index (κ3) is 4.91. The van der Waals surface area contributed by atoms with Crippen LogP contribution in [0.1, 0.15) is 39.5 Å². The summed E-state index contributed by atoms with van der Waals surface area (Å²) in [6, 6.07) is 1.59. The molecule has 3 aliphatic rings. The fourth-order valence-corrected chi connectivity index (χ4v) is 4.69. The van der Waals surface area contributed by atoms with Gasteiger partial charge in [0.25, 0.3) is 0 Å². The van der Waals surface area contributed by atoms with Crippen LogP contribution in [0.25, 0.3) is 0 Å². The minimum atomic E-state index is 0.731. The molecule has 0 bridgehead atoms. The first-order chi connectivity index (χ1) is 11.1. The summed E-state index contributed by atoms with van der Waals surface area (Å²) in [6.45, 7) is 16.5. The average molecular weight is 323 g/mol. The van der Waals surface area contributed by atoms with E-state index in [9.17, 15) is 0 Å². The van der Waals surface area contributed by atoms with Gasteiger partial charge >= 0.3 is 0 Å². The monoisotopic (exact) mass is 322 g/mol. The number of likely N-dealkylation sites (tertiary alicyclic amines) is 2. The van der Waals surface area contributed by atoms with Gasteiger partial charge in [-0.15, -0.1) is 0 Å². The van der Waals surface area contributed by atoms with Crippen molar-refractivity contribution < 1.29 is 0 Å². The lowest BCUT2D eigenvalue weighted by Gasteiger charge is -2.43. The molecular formula is C19H38N4. The van der Waals surface area contributed by atoms with Crippen LogP contribution in [0.2, 0.25) is 0 Å². The highest BCUT2D eigenvalue weighted by Gasteiger charge is 2.28. The summed E-state index contributed by atoms with van der Waals surface area (Å²) in [7, 11) is 2.26. The van der Waals surface area contributed by atoms with Crippen molar-refractivity contribution in [3.05, 3.63) is 0 Å². The van der Waals surface area contributed by atoms with E-state index in [1.165, 1.54) is 84.6 Å². The highest BCUT2D eigenvalue weighted by atomic mass is 15.3. The normalized spacial score (nSPS) is 28.7. The maximum absolute atomic E-state index is 2.78. The zero-order chi connectivity index (χ0) is 16.2. The van der Waals surface area contributed by atoms with Gasteiger partial charge in [0, 0.05) is 44.8 Å². The molecule has 0 unspecified atom stereocenters. The van der Waals surface area contributed by atoms with E-state index < -0.39 is 0 Å². The zero-order valence-electron chi connectivity index (χ0n) is 15.7. The van der Waals surface area contributed by atoms with Gasteiger partial charge in [-0.2, -0.15) is 0 Å². The molecule has 23 heavy (non-hydrogen) atoms. The lowest BCUT2D eigenvalue weighted by Crippen LogP contribution is -2.53. The Kier molecular flexibility index (Phi) is 6.36. The summed E-state index contributed by atoms with van der Waals surface area (Å²) in [6.07, 6.45) is 5.58. The zero-order valence-corrected chi connectivity index (χ0v) is 15.7. The van der Waals surface area contributed by atoms with Crippen molar-refractivity contribution in [2.45, 2.75) is 51.6 Å². The number of hydrogen-bond donors (Lipinski definition) is 0. The van der Waals surface area contributed by atoms with E-state index >= 15 is 0 Å². The van der Waals surface area contributed by atoms with Crippen LogP contribution in [0.3, 0.4) is 0 Å². The van der Waals surface area contributed by atoms with Crippen LogP contribution in [-0.4, -0.2) is 97.6 Å². The number of hydrogen-bond acceptors (Lipinski definition) is 4. The molecule has 4 nitrogen and oxygen atoms in total. The molecule has 0 saturated carbocycles. The van der Waals surface area contributed by atoms with Crippen LogP contribution in [0.15, 0.2) is 0 Å². The van der Waals surface area contributed by atoms with Crippen molar-refractivity contribution in [2.75, 3.05) is 66.0 Å². The van der Waals surface area contributed by atoms with E-state index in [2.05, 4.69) is 40.5 Å². The molecule has 0 N–H and O–H groups in total. The molecule has 4 heteroatoms. The average Bonchev–Trinajstić information content (AvgIpc) is 2.57. The number of piperidine rings is 2. The summed E-state index contributed by atoms with van der Waals surface area (Å²) >= 11 is 0. The maximum atomic E-state index is 2.78. The molecule has 0 aromatic heterocycles. The third-order valence-electron chi connectivity index (χ3n) is 6.51. The first-order valence-electron chi connectivity index (χ1n) is 10.0. The molecule has 0 atom stereocenters. The first kappa shape index (κ1) is 17.7. The lowest BCUT2D eigenvalue weighted by molar-refractivity contribution is 0.0494. The first-order valence-corrected chi connectivity index (χ1v) is 10.0. The van der Waals surface area contributed by atoms with E-state index in [0.29, 0.717) is 0 Å². The largest absolute Gasteiger partial charge is 0.306 e. The molecular weight excluding hydrogens is 284 g/mol. The number of piperazine rings is 1. The summed E-state index contributed by atoms with van der Waals surface area (Å²) in [5, 5.41) is 0. The van der Waals surface area contributed by atoms with Crippen LogP contribution >= 0.6 is 0 Å². The Morgan fingerprint density at radius 3 is 1.96 bits per heavy atom. The smallest absolute Gasteiger partial charge is 0.0121 e. The molecule has 0 aliphatic carbocycles. The predicted octanol–water partition coefficient (Wildman–Crippen LogP) is 1.82. The standard InChI is InChI=1S/C19H38N4/c1-17(2)22-10-4-18(5-11-22)16-21-12-14-23(15-13-21)19-6-8-20(3)9-7-19/h17-19H,4-16H2,1-3H3. The molecule has 3 rings (SSSR count). The van der Waals surface area contributed by atoms with Gasteiger partial charge in [-0.25, -0.2) is 0 Å². The highest BCUT2D eigenvalue weighted by molar-refractivity contribution is 4.84. The molecule has 3 aliphatic heterocycles. The van der Waals surface area contributed by atoms with Crippen molar-refractivity contribution in [3.8, 4) is 0 Å². The fraction of sp³-hybridized carbons (Fsp3) is 1.00. The van der Waals surface area contributed by atoms with Crippen LogP contribution in [0.5, 0.6) is 0 Å². The summed E-state index contributed by atoms with van der Waals surface area (Å²) in [4.78, 5) is 10.7. The Morgan fingerprint density at radius 1 is 0.783 bits per heavy atom. The quantitative estimate of drug-likeness (QED) is 0.783. The molecule has 0 spiro atoms. The molecule has 3 fully saturated rings. The molecule has 3 heterocycles. The summed E-state index contributed by atoms with van der Waals surface area (Å²) in [5.74, 6) is 0.944. The topological polar surface area (TPSA) is 13.0 Å². The van der Waals surface area contributed by atoms with Gasteiger partial charge in [-0.05, 0) is 78.7 Å². The third-order valence-corrected chi connectivity index (χ3v) is 6.51. The predicted molar refractivity (Wildman–Crippen MR) is 98.0 cm³/mol. The van der Waals surface area contributed by atoms with Crippen molar-refractivity contribution in [3.63, 3.8) is 0 Å². The number of nitrogens with zero attached hydrogens (tertiary/aromatic N) is 4. The van der Waals surface area contributed by atoms with Crippen LogP contribution < -0.4 is 0 Å². The Balaban J connectivity index is 1.35. The SMILES string of the molecule is CC(C)N1CCC(CN2CCN(C3CCN(C)CC3)CC2)CC1. The maximum Gasteiger partial charge on any atom is 0.0121 e. The van der Waals surface area contributed by atoms with E-state index in [4.69, 9.17) is 0 Å². The second kappa shape index (κ2) is 8.28. The van der Waals surface area contributed by atoms with Gasteiger partial charge in [-0.3, -0.25) is 4.90 Å². The molecule has 0 amide bonds. The molecule has 3 saturated heterocycles. The molecule has 0 aromatic rings. The van der Waals surface area contributed by atoms with Crippen LogP contribution in [-0.2, 0) is 0 Å². The number of rotatable bonds is 4. The van der Waals surface area contributed by atoms with Crippen molar-refractivity contribution >= 4 is 0 Å². The van der Waals surface area contributed by atoms with Crippen molar-refractivity contribution in [2.24, 2.45) is 5.92 Å². The van der Waals surface area contributed by atoms with E-state index in [0.717, 1.165) is 18.0 Å². The van der Waals surface area contributed by atoms with Crippen LogP contribution in [0.4, 0.5) is 0 Å². The summed E-state index contributed by atoms with van der Waals surface area (Å²) in [5.41, 5.74) is 0. The summed E-state index contributed by atoms with van der Waals surface area (Å²) < 4.78 is 0. The second-order valence-electron chi connectivity index (χ2n) is 8.44. The fourth-order valence-electron chi connectivity index (χ4n) is 4.69. The van der Waals surface area contributed by atoms with E-state index in [1.807, 2.05) is 0 Å². The Bertz CT molecular complexity index is 335. The Morgan fingerprint density at radius 2 is 1.39 bits per heavy atom. The lowest BCUT2D eigenvalue weighted by atomic mass is 9.95. The van der Waals surface area contributed by atoms with Crippen molar-refractivity contribution in [1.82, 2.24) is 19.6 Å². The molecule has 134 valence electrons. The molecule has 0 aromatic carbocycles. The van der Waals surface area contributed by atoms with E-state index in [-0.39, 0.29) is 0 Å². The molecule has 0 radical (unpaired) electrons. The Labute approximate surface area is 143 Å². The minimum Gasteiger partial charge on any atom is -0.306 e. The van der Waals surface area contributed by atoms with E-state index in [1.54, 1.807) is 0 Å². The van der Waals surface area contributed by atoms with Gasteiger partial charge in [0.1, 0.15) is 0 Å². The van der Waals surface area contributed by atoms with Gasteiger partial charge in [0.05, 0.1) is 0 Å².